The molecule has 0 aliphatic rings. The van der Waals surface area contributed by atoms with Crippen LogP contribution in [0.2, 0.25) is 0 Å². The molecule has 0 unspecified atom stereocenters. The van der Waals surface area contributed by atoms with Gasteiger partial charge in [-0.25, -0.2) is 24.3 Å². The fourth-order valence-electron chi connectivity index (χ4n) is 0.642. The third-order valence-electron chi connectivity index (χ3n) is 1.11. The second-order valence-electron chi connectivity index (χ2n) is 1.92. The Kier molecular flexibility index (Phi) is 12.7. The Hall–Kier alpha value is -0.301. The number of rotatable bonds is 0. The average molecular weight is 266 g/mol. The molecule has 0 amide bonds. The molecule has 2 aromatic rings. The zero-order valence-corrected chi connectivity index (χ0v) is 9.20. The SMILES string of the molecule is [Br-].[Fe+2].c1cc[cH-]c1.c1cc[cH-]c1. The van der Waals surface area contributed by atoms with Gasteiger partial charge < -0.3 is 17.0 Å². The fourth-order valence-corrected chi connectivity index (χ4v) is 0.642. The Balaban J connectivity index is 0. The standard InChI is InChI=1S/2C5H5.BrH.Fe/c2*1-2-4-5-3-1;;/h2*1-5H;1H;/q2*-1;;+2/p-1. The number of halogens is 1. The first kappa shape index (κ1) is 14.2. The van der Waals surface area contributed by atoms with Gasteiger partial charge in [-0.05, 0) is 0 Å². The van der Waals surface area contributed by atoms with Gasteiger partial charge in [-0.2, -0.15) is 36.4 Å². The summed E-state index contributed by atoms with van der Waals surface area (Å²) in [7, 11) is 0. The minimum Gasteiger partial charge on any atom is -1.00 e. The van der Waals surface area contributed by atoms with Crippen LogP contribution in [0.1, 0.15) is 0 Å². The molecule has 2 heteroatoms. The minimum atomic E-state index is 0. The largest absolute Gasteiger partial charge is 2.00 e. The van der Waals surface area contributed by atoms with Gasteiger partial charge >= 0.3 is 17.1 Å². The Morgan fingerprint density at radius 1 is 0.583 bits per heavy atom. The van der Waals surface area contributed by atoms with Crippen LogP contribution in [0.15, 0.2) is 60.7 Å². The van der Waals surface area contributed by atoms with Crippen LogP contribution in [0.5, 0.6) is 0 Å². The molecule has 0 aliphatic heterocycles. The van der Waals surface area contributed by atoms with Crippen LogP contribution >= 0.6 is 0 Å². The maximum atomic E-state index is 2.00. The van der Waals surface area contributed by atoms with E-state index in [-0.39, 0.29) is 34.1 Å². The summed E-state index contributed by atoms with van der Waals surface area (Å²) >= 11 is 0. The maximum absolute atomic E-state index is 2.00. The van der Waals surface area contributed by atoms with Gasteiger partial charge in [0.1, 0.15) is 0 Å². The first-order valence-corrected chi connectivity index (χ1v) is 3.33. The molecule has 66 valence electrons. The molecule has 0 atom stereocenters. The summed E-state index contributed by atoms with van der Waals surface area (Å²) in [4.78, 5) is 0. The van der Waals surface area contributed by atoms with Crippen LogP contribution < -0.4 is 17.0 Å². The molecule has 0 aromatic heterocycles. The zero-order valence-electron chi connectivity index (χ0n) is 6.51. The monoisotopic (exact) mass is 265 g/mol. The maximum Gasteiger partial charge on any atom is 2.00 e. The smallest absolute Gasteiger partial charge is 1.00 e. The predicted molar refractivity (Wildman–Crippen MR) is 44.1 cm³/mol. The molecule has 0 heterocycles. The van der Waals surface area contributed by atoms with E-state index >= 15 is 0 Å². The first-order chi connectivity index (χ1) is 5.00. The number of hydrogen-bond acceptors (Lipinski definition) is 0. The average Bonchev–Trinajstić information content (AvgIpc) is 2.67. The molecule has 0 bridgehead atoms. The normalized spacial score (nSPS) is 6.67. The Labute approximate surface area is 94.6 Å². The van der Waals surface area contributed by atoms with Crippen molar-refractivity contribution in [2.24, 2.45) is 0 Å². The van der Waals surface area contributed by atoms with E-state index in [9.17, 15) is 0 Å². The van der Waals surface area contributed by atoms with Crippen molar-refractivity contribution < 1.29 is 34.1 Å². The summed E-state index contributed by atoms with van der Waals surface area (Å²) in [5.41, 5.74) is 0. The van der Waals surface area contributed by atoms with Crippen molar-refractivity contribution >= 4 is 0 Å². The van der Waals surface area contributed by atoms with Gasteiger partial charge in [-0.15, -0.1) is 0 Å². The van der Waals surface area contributed by atoms with Crippen LogP contribution in [0, 0.1) is 0 Å². The van der Waals surface area contributed by atoms with E-state index in [0.29, 0.717) is 0 Å². The Bertz CT molecular complexity index is 149. The summed E-state index contributed by atoms with van der Waals surface area (Å²) < 4.78 is 0. The molecule has 2 aromatic carbocycles. The Morgan fingerprint density at radius 3 is 0.917 bits per heavy atom. The minimum absolute atomic E-state index is 0. The van der Waals surface area contributed by atoms with Crippen LogP contribution in [0.3, 0.4) is 0 Å². The Morgan fingerprint density at radius 2 is 0.833 bits per heavy atom. The van der Waals surface area contributed by atoms with E-state index in [2.05, 4.69) is 0 Å². The van der Waals surface area contributed by atoms with E-state index in [0.717, 1.165) is 0 Å². The third kappa shape index (κ3) is 7.80. The summed E-state index contributed by atoms with van der Waals surface area (Å²) in [5.74, 6) is 0. The third-order valence-corrected chi connectivity index (χ3v) is 1.11. The quantitative estimate of drug-likeness (QED) is 0.458. The van der Waals surface area contributed by atoms with Gasteiger partial charge in [-0.3, -0.25) is 0 Å². The van der Waals surface area contributed by atoms with Crippen LogP contribution in [-0.4, -0.2) is 0 Å². The second kappa shape index (κ2) is 10.7. The fraction of sp³-hybridized carbons (Fsp3) is 0. The molecular weight excluding hydrogens is 256 g/mol. The molecular formula is C10H10BrFe-. The molecule has 0 aliphatic carbocycles. The molecule has 12 heavy (non-hydrogen) atoms. The number of hydrogen-bond donors (Lipinski definition) is 0. The van der Waals surface area contributed by atoms with Gasteiger partial charge in [0, 0.05) is 0 Å². The predicted octanol–water partition coefficient (Wildman–Crippen LogP) is -0.187. The van der Waals surface area contributed by atoms with Gasteiger partial charge in [0.25, 0.3) is 0 Å². The van der Waals surface area contributed by atoms with E-state index in [1.54, 1.807) is 0 Å². The van der Waals surface area contributed by atoms with Gasteiger partial charge in [0.05, 0.1) is 0 Å². The van der Waals surface area contributed by atoms with Gasteiger partial charge in [0.2, 0.25) is 0 Å². The molecule has 0 saturated carbocycles. The van der Waals surface area contributed by atoms with Gasteiger partial charge in [0.15, 0.2) is 0 Å². The second-order valence-corrected chi connectivity index (χ2v) is 1.92. The topological polar surface area (TPSA) is 0 Å². The van der Waals surface area contributed by atoms with E-state index in [4.69, 9.17) is 0 Å². The van der Waals surface area contributed by atoms with E-state index in [1.807, 2.05) is 60.7 Å². The molecule has 0 nitrogen and oxygen atoms in total. The molecule has 0 spiro atoms. The van der Waals surface area contributed by atoms with Crippen molar-refractivity contribution in [3.8, 4) is 0 Å². The molecule has 2 rings (SSSR count). The van der Waals surface area contributed by atoms with Crippen LogP contribution in [0.25, 0.3) is 0 Å². The van der Waals surface area contributed by atoms with Crippen LogP contribution in [-0.2, 0) is 17.1 Å². The van der Waals surface area contributed by atoms with Gasteiger partial charge in [-0.1, -0.05) is 0 Å². The van der Waals surface area contributed by atoms with Crippen LogP contribution in [0.4, 0.5) is 0 Å². The van der Waals surface area contributed by atoms with Crippen molar-refractivity contribution in [3.05, 3.63) is 60.7 Å². The van der Waals surface area contributed by atoms with Crippen molar-refractivity contribution in [2.45, 2.75) is 0 Å². The molecule has 0 radical (unpaired) electrons. The van der Waals surface area contributed by atoms with E-state index in [1.165, 1.54) is 0 Å². The summed E-state index contributed by atoms with van der Waals surface area (Å²) in [6.45, 7) is 0. The zero-order chi connectivity index (χ0) is 7.07. The summed E-state index contributed by atoms with van der Waals surface area (Å²) in [6, 6.07) is 20.0. The first-order valence-electron chi connectivity index (χ1n) is 3.33. The molecule has 0 N–H and O–H groups in total. The summed E-state index contributed by atoms with van der Waals surface area (Å²) in [6.07, 6.45) is 0. The van der Waals surface area contributed by atoms with Crippen molar-refractivity contribution in [2.75, 3.05) is 0 Å². The molecule has 0 fully saturated rings. The van der Waals surface area contributed by atoms with Crippen molar-refractivity contribution in [1.82, 2.24) is 0 Å². The van der Waals surface area contributed by atoms with Crippen molar-refractivity contribution in [1.29, 1.82) is 0 Å². The van der Waals surface area contributed by atoms with E-state index < -0.39 is 0 Å². The molecule has 0 saturated heterocycles. The van der Waals surface area contributed by atoms with Crippen molar-refractivity contribution in [3.63, 3.8) is 0 Å². The summed E-state index contributed by atoms with van der Waals surface area (Å²) in [5, 5.41) is 0.